The molecule has 1 heterocycles. The molecule has 0 amide bonds. The summed E-state index contributed by atoms with van der Waals surface area (Å²) in [5.41, 5.74) is 0. The van der Waals surface area contributed by atoms with Crippen LogP contribution < -0.4 is 0 Å². The van der Waals surface area contributed by atoms with Crippen molar-refractivity contribution in [2.75, 3.05) is 12.4 Å². The van der Waals surface area contributed by atoms with Gasteiger partial charge in [-0.1, -0.05) is 16.9 Å². The minimum Gasteiger partial charge on any atom is -0.395 e. The van der Waals surface area contributed by atoms with Gasteiger partial charge in [-0.15, -0.1) is 0 Å². The SMILES string of the molecule is OCCSSC1=CCCC=N1. The second-order valence-electron chi connectivity index (χ2n) is 2.06. The first-order valence-corrected chi connectivity index (χ1v) is 5.88. The maximum atomic E-state index is 8.50. The molecular formula is C7H11NOS2. The lowest BCUT2D eigenvalue weighted by Gasteiger charge is -2.03. The van der Waals surface area contributed by atoms with E-state index in [-0.39, 0.29) is 6.61 Å². The van der Waals surface area contributed by atoms with E-state index in [0.29, 0.717) is 0 Å². The summed E-state index contributed by atoms with van der Waals surface area (Å²) < 4.78 is 0. The van der Waals surface area contributed by atoms with Gasteiger partial charge in [0.1, 0.15) is 5.03 Å². The minimum atomic E-state index is 0.245. The Labute approximate surface area is 74.6 Å². The number of aliphatic hydroxyl groups is 1. The lowest BCUT2D eigenvalue weighted by Crippen LogP contribution is -1.85. The van der Waals surface area contributed by atoms with Crippen molar-refractivity contribution < 1.29 is 5.11 Å². The van der Waals surface area contributed by atoms with E-state index in [1.807, 2.05) is 6.21 Å². The molecule has 1 N–H and O–H groups in total. The van der Waals surface area contributed by atoms with E-state index in [1.54, 1.807) is 21.6 Å². The van der Waals surface area contributed by atoms with Gasteiger partial charge in [-0.2, -0.15) is 0 Å². The Morgan fingerprint density at radius 2 is 2.45 bits per heavy atom. The van der Waals surface area contributed by atoms with Crippen molar-refractivity contribution in [3.05, 3.63) is 11.1 Å². The van der Waals surface area contributed by atoms with E-state index in [0.717, 1.165) is 23.6 Å². The zero-order valence-corrected chi connectivity index (χ0v) is 7.83. The summed E-state index contributed by atoms with van der Waals surface area (Å²) in [7, 11) is 3.29. The van der Waals surface area contributed by atoms with Gasteiger partial charge in [0.05, 0.1) is 6.61 Å². The van der Waals surface area contributed by atoms with Gasteiger partial charge in [-0.3, -0.25) is 4.99 Å². The zero-order valence-electron chi connectivity index (χ0n) is 6.19. The van der Waals surface area contributed by atoms with Crippen molar-refractivity contribution in [1.29, 1.82) is 0 Å². The van der Waals surface area contributed by atoms with E-state index in [2.05, 4.69) is 11.1 Å². The third kappa shape index (κ3) is 3.84. The molecule has 0 radical (unpaired) electrons. The first kappa shape index (κ1) is 9.16. The molecule has 2 nitrogen and oxygen atoms in total. The Balaban J connectivity index is 2.15. The number of rotatable bonds is 4. The van der Waals surface area contributed by atoms with Gasteiger partial charge in [0.15, 0.2) is 0 Å². The Morgan fingerprint density at radius 3 is 3.09 bits per heavy atom. The van der Waals surface area contributed by atoms with Crippen LogP contribution in [0.15, 0.2) is 16.1 Å². The van der Waals surface area contributed by atoms with Gasteiger partial charge < -0.3 is 5.11 Å². The fraction of sp³-hybridized carbons (Fsp3) is 0.571. The first-order valence-electron chi connectivity index (χ1n) is 3.56. The highest BCUT2D eigenvalue weighted by Gasteiger charge is 1.98. The molecule has 0 aliphatic carbocycles. The molecule has 0 bridgehead atoms. The molecular weight excluding hydrogens is 178 g/mol. The van der Waals surface area contributed by atoms with Gasteiger partial charge in [0.25, 0.3) is 0 Å². The van der Waals surface area contributed by atoms with Gasteiger partial charge in [0, 0.05) is 12.0 Å². The molecule has 4 heteroatoms. The highest BCUT2D eigenvalue weighted by molar-refractivity contribution is 8.78. The van der Waals surface area contributed by atoms with E-state index < -0.39 is 0 Å². The molecule has 0 aromatic rings. The summed E-state index contributed by atoms with van der Waals surface area (Å²) in [4.78, 5) is 4.20. The monoisotopic (exact) mass is 189 g/mol. The Bertz CT molecular complexity index is 168. The van der Waals surface area contributed by atoms with Crippen molar-refractivity contribution in [2.24, 2.45) is 4.99 Å². The number of allylic oxidation sites excluding steroid dienone is 1. The lowest BCUT2D eigenvalue weighted by molar-refractivity contribution is 0.323. The molecule has 0 unspecified atom stereocenters. The third-order valence-electron chi connectivity index (χ3n) is 1.15. The predicted molar refractivity (Wildman–Crippen MR) is 52.9 cm³/mol. The molecule has 0 saturated heterocycles. The van der Waals surface area contributed by atoms with Crippen LogP contribution in [0.1, 0.15) is 12.8 Å². The van der Waals surface area contributed by atoms with Crippen molar-refractivity contribution in [1.82, 2.24) is 0 Å². The van der Waals surface area contributed by atoms with Crippen LogP contribution in [0.5, 0.6) is 0 Å². The number of aliphatic imine (C=N–C) groups is 1. The van der Waals surface area contributed by atoms with Crippen LogP contribution in [0.3, 0.4) is 0 Å². The Morgan fingerprint density at radius 1 is 1.55 bits per heavy atom. The van der Waals surface area contributed by atoms with Crippen LogP contribution in [-0.4, -0.2) is 23.7 Å². The molecule has 1 aliphatic heterocycles. The summed E-state index contributed by atoms with van der Waals surface area (Å²) in [6, 6.07) is 0. The van der Waals surface area contributed by atoms with E-state index in [9.17, 15) is 0 Å². The van der Waals surface area contributed by atoms with Crippen LogP contribution >= 0.6 is 21.6 Å². The van der Waals surface area contributed by atoms with Gasteiger partial charge in [0.2, 0.25) is 0 Å². The van der Waals surface area contributed by atoms with Crippen molar-refractivity contribution in [3.8, 4) is 0 Å². The molecule has 11 heavy (non-hydrogen) atoms. The van der Waals surface area contributed by atoms with E-state index >= 15 is 0 Å². The summed E-state index contributed by atoms with van der Waals surface area (Å²) in [6.07, 6.45) is 6.25. The number of hydrogen-bond acceptors (Lipinski definition) is 4. The third-order valence-corrected chi connectivity index (χ3v) is 3.43. The fourth-order valence-corrected chi connectivity index (χ4v) is 2.43. The van der Waals surface area contributed by atoms with Crippen molar-refractivity contribution in [3.63, 3.8) is 0 Å². The topological polar surface area (TPSA) is 32.6 Å². The van der Waals surface area contributed by atoms with Crippen molar-refractivity contribution >= 4 is 27.8 Å². The molecule has 1 aliphatic rings. The molecule has 0 aromatic carbocycles. The van der Waals surface area contributed by atoms with Crippen LogP contribution in [0.2, 0.25) is 0 Å². The maximum Gasteiger partial charge on any atom is 0.102 e. The first-order chi connectivity index (χ1) is 5.43. The highest BCUT2D eigenvalue weighted by atomic mass is 33.1. The minimum absolute atomic E-state index is 0.245. The highest BCUT2D eigenvalue weighted by Crippen LogP contribution is 2.31. The van der Waals surface area contributed by atoms with Crippen LogP contribution in [0, 0.1) is 0 Å². The molecule has 1 rings (SSSR count). The average Bonchev–Trinajstić information content (AvgIpc) is 2.07. The Kier molecular flexibility index (Phi) is 4.74. The molecule has 0 fully saturated rings. The largest absolute Gasteiger partial charge is 0.395 e. The molecule has 0 aromatic heterocycles. The standard InChI is InChI=1S/C7H11NOS2/c9-5-6-10-11-7-3-1-2-4-8-7/h3-4,9H,1-2,5-6H2. The summed E-state index contributed by atoms with van der Waals surface area (Å²) in [5.74, 6) is 0.775. The molecule has 0 spiro atoms. The zero-order chi connectivity index (χ0) is 7.94. The maximum absolute atomic E-state index is 8.50. The van der Waals surface area contributed by atoms with Crippen LogP contribution in [0.4, 0.5) is 0 Å². The lowest BCUT2D eigenvalue weighted by atomic mass is 10.3. The number of hydrogen-bond donors (Lipinski definition) is 1. The number of nitrogens with zero attached hydrogens (tertiary/aromatic N) is 1. The van der Waals surface area contributed by atoms with E-state index in [4.69, 9.17) is 5.11 Å². The molecule has 0 atom stereocenters. The summed E-state index contributed by atoms with van der Waals surface area (Å²) in [6.45, 7) is 0.245. The quantitative estimate of drug-likeness (QED) is 0.543. The van der Waals surface area contributed by atoms with E-state index in [1.165, 1.54) is 0 Å². The molecule has 62 valence electrons. The van der Waals surface area contributed by atoms with Gasteiger partial charge >= 0.3 is 0 Å². The second kappa shape index (κ2) is 5.69. The van der Waals surface area contributed by atoms with Crippen LogP contribution in [-0.2, 0) is 0 Å². The fourth-order valence-electron chi connectivity index (χ4n) is 0.683. The van der Waals surface area contributed by atoms with Crippen LogP contribution in [0.25, 0.3) is 0 Å². The normalized spacial score (nSPS) is 16.6. The number of aliphatic hydroxyl groups excluding tert-OH is 1. The van der Waals surface area contributed by atoms with Gasteiger partial charge in [-0.05, 0) is 23.6 Å². The average molecular weight is 189 g/mol. The smallest absolute Gasteiger partial charge is 0.102 e. The van der Waals surface area contributed by atoms with Crippen molar-refractivity contribution in [2.45, 2.75) is 12.8 Å². The summed E-state index contributed by atoms with van der Waals surface area (Å²) in [5, 5.41) is 9.58. The predicted octanol–water partition coefficient (Wildman–Crippen LogP) is 2.07. The molecule has 0 saturated carbocycles. The second-order valence-corrected chi connectivity index (χ2v) is 4.50. The summed E-state index contributed by atoms with van der Waals surface area (Å²) >= 11 is 0. The Hall–Kier alpha value is 0.0700. The van der Waals surface area contributed by atoms with Gasteiger partial charge in [-0.25, -0.2) is 0 Å².